The molecule has 0 aromatic heterocycles. The van der Waals surface area contributed by atoms with Crippen LogP contribution < -0.4 is 15.8 Å². The second-order valence-electron chi connectivity index (χ2n) is 4.65. The molecular weight excluding hydrogens is 448 g/mol. The summed E-state index contributed by atoms with van der Waals surface area (Å²) in [7, 11) is 1.63. The lowest BCUT2D eigenvalue weighted by Gasteiger charge is -2.07. The minimum absolute atomic E-state index is 0. The molecule has 0 aliphatic carbocycles. The number of hydrogen-bond donors (Lipinski definition) is 2. The lowest BCUT2D eigenvalue weighted by Crippen LogP contribution is -2.23. The van der Waals surface area contributed by atoms with Crippen molar-refractivity contribution in [3.05, 3.63) is 58.1 Å². The summed E-state index contributed by atoms with van der Waals surface area (Å²) in [5, 5.41) is 4.26. The van der Waals surface area contributed by atoms with Crippen LogP contribution in [0.3, 0.4) is 0 Å². The Kier molecular flexibility index (Phi) is 8.51. The van der Waals surface area contributed by atoms with Crippen LogP contribution in [0.2, 0.25) is 10.0 Å². The molecule has 0 heterocycles. The smallest absolute Gasteiger partial charge is 0.193 e. The highest BCUT2D eigenvalue weighted by Crippen LogP contribution is 2.19. The topological polar surface area (TPSA) is 59.6 Å². The van der Waals surface area contributed by atoms with Crippen LogP contribution >= 0.6 is 47.2 Å². The van der Waals surface area contributed by atoms with Crippen molar-refractivity contribution in [2.75, 3.05) is 19.0 Å². The van der Waals surface area contributed by atoms with E-state index in [9.17, 15) is 0 Å². The molecule has 2 aromatic rings. The van der Waals surface area contributed by atoms with E-state index < -0.39 is 0 Å². The molecule has 2 rings (SSSR count). The van der Waals surface area contributed by atoms with Crippen molar-refractivity contribution in [2.45, 2.75) is 6.42 Å². The molecule has 4 nitrogen and oxygen atoms in total. The summed E-state index contributed by atoms with van der Waals surface area (Å²) >= 11 is 11.9. The number of anilines is 1. The molecule has 2 aromatic carbocycles. The van der Waals surface area contributed by atoms with Crippen molar-refractivity contribution in [1.82, 2.24) is 0 Å². The van der Waals surface area contributed by atoms with Gasteiger partial charge in [0.05, 0.1) is 7.11 Å². The summed E-state index contributed by atoms with van der Waals surface area (Å²) in [6, 6.07) is 12.9. The van der Waals surface area contributed by atoms with E-state index in [2.05, 4.69) is 10.3 Å². The molecule has 23 heavy (non-hydrogen) atoms. The van der Waals surface area contributed by atoms with Crippen molar-refractivity contribution in [1.29, 1.82) is 0 Å². The van der Waals surface area contributed by atoms with E-state index in [0.717, 1.165) is 17.0 Å². The molecule has 0 bridgehead atoms. The van der Waals surface area contributed by atoms with Crippen LogP contribution in [-0.2, 0) is 6.42 Å². The predicted octanol–water partition coefficient (Wildman–Crippen LogP) is 4.59. The van der Waals surface area contributed by atoms with E-state index in [4.69, 9.17) is 33.7 Å². The van der Waals surface area contributed by atoms with Gasteiger partial charge in [-0.05, 0) is 54.4 Å². The average molecular weight is 466 g/mol. The van der Waals surface area contributed by atoms with Crippen LogP contribution in [0.25, 0.3) is 0 Å². The Morgan fingerprint density at radius 3 is 2.30 bits per heavy atom. The second kappa shape index (κ2) is 9.85. The third kappa shape index (κ3) is 6.85. The Morgan fingerprint density at radius 1 is 1.13 bits per heavy atom. The van der Waals surface area contributed by atoms with Gasteiger partial charge in [-0.25, -0.2) is 0 Å². The maximum Gasteiger partial charge on any atom is 0.193 e. The van der Waals surface area contributed by atoms with Gasteiger partial charge < -0.3 is 15.8 Å². The summed E-state index contributed by atoms with van der Waals surface area (Å²) in [5.74, 6) is 1.15. The highest BCUT2D eigenvalue weighted by molar-refractivity contribution is 14.0. The number of nitrogens with one attached hydrogen (secondary N) is 1. The summed E-state index contributed by atoms with van der Waals surface area (Å²) in [5.41, 5.74) is 7.74. The highest BCUT2D eigenvalue weighted by Gasteiger charge is 1.99. The van der Waals surface area contributed by atoms with Gasteiger partial charge in [-0.3, -0.25) is 4.99 Å². The third-order valence-corrected chi connectivity index (χ3v) is 3.40. The average Bonchev–Trinajstić information content (AvgIpc) is 2.47. The monoisotopic (exact) mass is 465 g/mol. The molecule has 7 heteroatoms. The van der Waals surface area contributed by atoms with Gasteiger partial charge in [0, 0.05) is 22.3 Å². The van der Waals surface area contributed by atoms with Crippen molar-refractivity contribution < 1.29 is 4.74 Å². The summed E-state index contributed by atoms with van der Waals surface area (Å²) in [4.78, 5) is 4.28. The zero-order chi connectivity index (χ0) is 15.9. The van der Waals surface area contributed by atoms with Crippen LogP contribution in [0, 0.1) is 0 Å². The van der Waals surface area contributed by atoms with Crippen molar-refractivity contribution in [3.63, 3.8) is 0 Å². The Bertz CT molecular complexity index is 643. The maximum absolute atomic E-state index is 5.96. The SMILES string of the molecule is COc1ccc(NC(N)=NCCc2cc(Cl)cc(Cl)c2)cc1.I. The lowest BCUT2D eigenvalue weighted by atomic mass is 10.1. The van der Waals surface area contributed by atoms with Gasteiger partial charge in [-0.15, -0.1) is 24.0 Å². The first-order chi connectivity index (χ1) is 10.6. The van der Waals surface area contributed by atoms with Crippen LogP contribution in [0.15, 0.2) is 47.5 Å². The zero-order valence-electron chi connectivity index (χ0n) is 12.6. The standard InChI is InChI=1S/C16H17Cl2N3O.HI/c1-22-15-4-2-14(3-5-15)21-16(19)20-7-6-11-8-12(17)10-13(18)9-11;/h2-5,8-10H,6-7H2,1H3,(H3,19,20,21);1H. The van der Waals surface area contributed by atoms with Gasteiger partial charge in [0.2, 0.25) is 0 Å². The number of nitrogens with two attached hydrogens (primary N) is 1. The van der Waals surface area contributed by atoms with Gasteiger partial charge in [-0.1, -0.05) is 23.2 Å². The minimum Gasteiger partial charge on any atom is -0.497 e. The Labute approximate surface area is 163 Å². The van der Waals surface area contributed by atoms with E-state index in [-0.39, 0.29) is 24.0 Å². The summed E-state index contributed by atoms with van der Waals surface area (Å²) in [6.07, 6.45) is 0.714. The second-order valence-corrected chi connectivity index (χ2v) is 5.52. The number of benzene rings is 2. The van der Waals surface area contributed by atoms with Crippen molar-refractivity contribution in [3.8, 4) is 5.75 Å². The molecule has 3 N–H and O–H groups in total. The summed E-state index contributed by atoms with van der Waals surface area (Å²) < 4.78 is 5.10. The molecule has 0 saturated heterocycles. The Hall–Kier alpha value is -1.18. The first-order valence-electron chi connectivity index (χ1n) is 6.73. The number of ether oxygens (including phenoxy) is 1. The molecule has 0 radical (unpaired) electrons. The van der Waals surface area contributed by atoms with Gasteiger partial charge in [0.15, 0.2) is 5.96 Å². The van der Waals surface area contributed by atoms with Crippen molar-refractivity contribution >= 4 is 58.8 Å². The number of rotatable bonds is 5. The number of hydrogen-bond acceptors (Lipinski definition) is 2. The van der Waals surface area contributed by atoms with Gasteiger partial charge >= 0.3 is 0 Å². The molecule has 0 unspecified atom stereocenters. The Balaban J connectivity index is 0.00000264. The molecule has 0 aliphatic heterocycles. The fourth-order valence-corrected chi connectivity index (χ4v) is 2.49. The highest BCUT2D eigenvalue weighted by atomic mass is 127. The van der Waals surface area contributed by atoms with Crippen LogP contribution in [0.5, 0.6) is 5.75 Å². The predicted molar refractivity (Wildman–Crippen MR) is 109 cm³/mol. The van der Waals surface area contributed by atoms with E-state index in [1.165, 1.54) is 0 Å². The molecular formula is C16H18Cl2IN3O. The van der Waals surface area contributed by atoms with Gasteiger partial charge in [-0.2, -0.15) is 0 Å². The number of halogens is 3. The third-order valence-electron chi connectivity index (χ3n) is 2.97. The number of nitrogens with zero attached hydrogens (tertiary/aromatic N) is 1. The number of aliphatic imine (C=N–C) groups is 1. The van der Waals surface area contributed by atoms with Gasteiger partial charge in [0.1, 0.15) is 5.75 Å². The first-order valence-corrected chi connectivity index (χ1v) is 7.48. The molecule has 0 atom stereocenters. The number of guanidine groups is 1. The molecule has 0 amide bonds. The maximum atomic E-state index is 5.96. The van der Waals surface area contributed by atoms with E-state index in [1.54, 1.807) is 13.2 Å². The van der Waals surface area contributed by atoms with E-state index in [0.29, 0.717) is 29.0 Å². The van der Waals surface area contributed by atoms with E-state index >= 15 is 0 Å². The Morgan fingerprint density at radius 2 is 1.74 bits per heavy atom. The molecule has 0 aliphatic rings. The van der Waals surface area contributed by atoms with Gasteiger partial charge in [0.25, 0.3) is 0 Å². The fraction of sp³-hybridized carbons (Fsp3) is 0.188. The fourth-order valence-electron chi connectivity index (χ4n) is 1.92. The number of methoxy groups -OCH3 is 1. The van der Waals surface area contributed by atoms with Crippen LogP contribution in [0.1, 0.15) is 5.56 Å². The summed E-state index contributed by atoms with van der Waals surface area (Å²) in [6.45, 7) is 0.547. The molecule has 0 spiro atoms. The lowest BCUT2D eigenvalue weighted by molar-refractivity contribution is 0.415. The minimum atomic E-state index is 0. The normalized spacial score (nSPS) is 10.8. The first kappa shape index (κ1) is 19.9. The van der Waals surface area contributed by atoms with Crippen LogP contribution in [-0.4, -0.2) is 19.6 Å². The van der Waals surface area contributed by atoms with Crippen molar-refractivity contribution in [2.24, 2.45) is 10.7 Å². The molecule has 0 fully saturated rings. The zero-order valence-corrected chi connectivity index (χ0v) is 16.4. The molecule has 0 saturated carbocycles. The quantitative estimate of drug-likeness (QED) is 0.385. The largest absolute Gasteiger partial charge is 0.497 e. The molecule has 124 valence electrons. The van der Waals surface area contributed by atoms with Crippen LogP contribution in [0.4, 0.5) is 5.69 Å². The van der Waals surface area contributed by atoms with E-state index in [1.807, 2.05) is 36.4 Å².